The van der Waals surface area contributed by atoms with Crippen LogP contribution >= 0.6 is 28.1 Å². The third kappa shape index (κ3) is 8.52. The highest BCUT2D eigenvalue weighted by Gasteiger charge is 2.03. The van der Waals surface area contributed by atoms with Crippen molar-refractivity contribution in [2.24, 2.45) is 0 Å². The lowest BCUT2D eigenvalue weighted by Gasteiger charge is -2.13. The Hall–Kier alpha value is -1.34. The van der Waals surface area contributed by atoms with E-state index in [1.165, 1.54) is 0 Å². The fourth-order valence-corrected chi connectivity index (χ4v) is 2.13. The lowest BCUT2D eigenvalue weighted by molar-refractivity contribution is -0.121. The first kappa shape index (κ1) is 17.7. The summed E-state index contributed by atoms with van der Waals surface area (Å²) >= 11 is 8.37. The summed E-state index contributed by atoms with van der Waals surface area (Å²) < 4.78 is 6.51. The molecule has 1 amide bonds. The van der Waals surface area contributed by atoms with Crippen LogP contribution in [0.5, 0.6) is 5.75 Å². The molecule has 7 heteroatoms. The average Bonchev–Trinajstić information content (AvgIpc) is 2.41. The van der Waals surface area contributed by atoms with E-state index in [0.29, 0.717) is 24.6 Å². The fourth-order valence-electron chi connectivity index (χ4n) is 1.47. The molecule has 1 aromatic carbocycles. The largest absolute Gasteiger partial charge is 0.494 e. The number of halogens is 1. The van der Waals surface area contributed by atoms with Crippen molar-refractivity contribution in [1.82, 2.24) is 16.2 Å². The van der Waals surface area contributed by atoms with Gasteiger partial charge in [-0.25, -0.2) is 0 Å². The minimum atomic E-state index is -0.124. The highest BCUT2D eigenvalue weighted by atomic mass is 79.9. The zero-order valence-electron chi connectivity index (χ0n) is 12.1. The zero-order valence-corrected chi connectivity index (χ0v) is 14.5. The van der Waals surface area contributed by atoms with E-state index >= 15 is 0 Å². The van der Waals surface area contributed by atoms with Crippen molar-refractivity contribution in [2.75, 3.05) is 6.61 Å². The molecule has 0 unspecified atom stereocenters. The van der Waals surface area contributed by atoms with Gasteiger partial charge in [0.05, 0.1) is 6.61 Å². The lowest BCUT2D eigenvalue weighted by Crippen LogP contribution is -2.48. The Morgan fingerprint density at radius 3 is 2.81 bits per heavy atom. The van der Waals surface area contributed by atoms with E-state index in [1.54, 1.807) is 0 Å². The Morgan fingerprint density at radius 1 is 1.38 bits per heavy atom. The maximum Gasteiger partial charge on any atom is 0.238 e. The van der Waals surface area contributed by atoms with Crippen molar-refractivity contribution in [1.29, 1.82) is 0 Å². The fraction of sp³-hybridized carbons (Fsp3) is 0.429. The number of ether oxygens (including phenoxy) is 1. The first-order valence-corrected chi connectivity index (χ1v) is 7.91. The molecule has 0 spiro atoms. The van der Waals surface area contributed by atoms with Crippen LogP contribution in [0.1, 0.15) is 26.7 Å². The van der Waals surface area contributed by atoms with Crippen LogP contribution in [0.4, 0.5) is 0 Å². The van der Waals surface area contributed by atoms with Gasteiger partial charge in [-0.1, -0.05) is 22.0 Å². The number of hydrogen-bond donors (Lipinski definition) is 3. The summed E-state index contributed by atoms with van der Waals surface area (Å²) in [7, 11) is 0. The number of hydrogen-bond acceptors (Lipinski definition) is 3. The van der Waals surface area contributed by atoms with Gasteiger partial charge in [0.1, 0.15) is 5.75 Å². The summed E-state index contributed by atoms with van der Waals surface area (Å²) in [5.41, 5.74) is 5.19. The zero-order chi connectivity index (χ0) is 15.7. The van der Waals surface area contributed by atoms with Gasteiger partial charge in [-0.2, -0.15) is 0 Å². The maximum atomic E-state index is 11.6. The molecule has 1 aromatic rings. The number of rotatable bonds is 6. The minimum absolute atomic E-state index is 0.124. The van der Waals surface area contributed by atoms with Crippen molar-refractivity contribution >= 4 is 39.2 Å². The number of nitrogens with one attached hydrogen (secondary N) is 3. The van der Waals surface area contributed by atoms with Gasteiger partial charge in [0.15, 0.2) is 5.11 Å². The molecular weight excluding hydrogens is 354 g/mol. The van der Waals surface area contributed by atoms with E-state index in [2.05, 4.69) is 32.1 Å². The SMILES string of the molecule is CC(C)NC(=S)NNC(=O)CCCOc1cccc(Br)c1. The van der Waals surface area contributed by atoms with E-state index < -0.39 is 0 Å². The highest BCUT2D eigenvalue weighted by Crippen LogP contribution is 2.17. The molecule has 0 heterocycles. The number of benzene rings is 1. The lowest BCUT2D eigenvalue weighted by atomic mass is 10.3. The summed E-state index contributed by atoms with van der Waals surface area (Å²) in [5, 5.41) is 3.37. The van der Waals surface area contributed by atoms with Crippen LogP contribution in [-0.2, 0) is 4.79 Å². The molecule has 0 atom stereocenters. The second-order valence-electron chi connectivity index (χ2n) is 4.71. The summed E-state index contributed by atoms with van der Waals surface area (Å²) in [6.45, 7) is 4.42. The van der Waals surface area contributed by atoms with Gasteiger partial charge in [-0.05, 0) is 50.7 Å². The van der Waals surface area contributed by atoms with Crippen molar-refractivity contribution < 1.29 is 9.53 Å². The third-order valence-corrected chi connectivity index (χ3v) is 3.06. The van der Waals surface area contributed by atoms with Crippen LogP contribution < -0.4 is 20.9 Å². The van der Waals surface area contributed by atoms with E-state index in [-0.39, 0.29) is 11.9 Å². The standard InChI is InChI=1S/C14H20BrN3O2S/c1-10(2)16-14(21)18-17-13(19)7-4-8-20-12-6-3-5-11(15)9-12/h3,5-6,9-10H,4,7-8H2,1-2H3,(H,17,19)(H2,16,18,21). The molecule has 21 heavy (non-hydrogen) atoms. The predicted molar refractivity (Wildman–Crippen MR) is 91.0 cm³/mol. The smallest absolute Gasteiger partial charge is 0.238 e. The molecule has 0 bridgehead atoms. The van der Waals surface area contributed by atoms with Crippen LogP contribution in [0.15, 0.2) is 28.7 Å². The van der Waals surface area contributed by atoms with Gasteiger partial charge >= 0.3 is 0 Å². The first-order valence-electron chi connectivity index (χ1n) is 6.71. The second-order valence-corrected chi connectivity index (χ2v) is 6.03. The van der Waals surface area contributed by atoms with Crippen molar-refractivity contribution in [3.8, 4) is 5.75 Å². The Morgan fingerprint density at radius 2 is 2.14 bits per heavy atom. The Labute approximate surface area is 138 Å². The van der Waals surface area contributed by atoms with Crippen molar-refractivity contribution in [2.45, 2.75) is 32.7 Å². The summed E-state index contributed by atoms with van der Waals surface area (Å²) in [6.07, 6.45) is 0.996. The van der Waals surface area contributed by atoms with Crippen molar-refractivity contribution in [3.05, 3.63) is 28.7 Å². The molecule has 0 saturated heterocycles. The number of thiocarbonyl (C=S) groups is 1. The summed E-state index contributed by atoms with van der Waals surface area (Å²) in [5.74, 6) is 0.658. The normalized spacial score (nSPS) is 10.1. The molecule has 0 radical (unpaired) electrons. The third-order valence-electron chi connectivity index (χ3n) is 2.35. The average molecular weight is 374 g/mol. The van der Waals surface area contributed by atoms with E-state index in [0.717, 1.165) is 10.2 Å². The van der Waals surface area contributed by atoms with Gasteiger partial charge in [-0.3, -0.25) is 15.6 Å². The minimum Gasteiger partial charge on any atom is -0.494 e. The Bertz CT molecular complexity index is 483. The molecule has 0 aromatic heterocycles. The molecule has 5 nitrogen and oxygen atoms in total. The van der Waals surface area contributed by atoms with Crippen LogP contribution in [0.2, 0.25) is 0 Å². The highest BCUT2D eigenvalue weighted by molar-refractivity contribution is 9.10. The van der Waals surface area contributed by atoms with Crippen LogP contribution in [-0.4, -0.2) is 23.7 Å². The maximum absolute atomic E-state index is 11.6. The number of carbonyl (C=O) groups is 1. The van der Waals surface area contributed by atoms with Gasteiger partial charge in [0.25, 0.3) is 0 Å². The summed E-state index contributed by atoms with van der Waals surface area (Å²) in [6, 6.07) is 7.82. The Balaban J connectivity index is 2.12. The van der Waals surface area contributed by atoms with Gasteiger partial charge in [0, 0.05) is 16.9 Å². The summed E-state index contributed by atoms with van der Waals surface area (Å²) in [4.78, 5) is 11.6. The monoisotopic (exact) mass is 373 g/mol. The molecule has 0 aliphatic rings. The second kappa shape index (κ2) is 9.57. The molecular formula is C14H20BrN3O2S. The number of amides is 1. The van der Waals surface area contributed by atoms with Gasteiger partial charge < -0.3 is 10.1 Å². The van der Waals surface area contributed by atoms with E-state index in [1.807, 2.05) is 38.1 Å². The Kier molecular flexibility index (Phi) is 8.07. The molecule has 0 aliphatic carbocycles. The van der Waals surface area contributed by atoms with Crippen LogP contribution in [0.25, 0.3) is 0 Å². The van der Waals surface area contributed by atoms with Crippen LogP contribution in [0, 0.1) is 0 Å². The van der Waals surface area contributed by atoms with Gasteiger partial charge in [-0.15, -0.1) is 0 Å². The van der Waals surface area contributed by atoms with E-state index in [4.69, 9.17) is 17.0 Å². The van der Waals surface area contributed by atoms with Crippen LogP contribution in [0.3, 0.4) is 0 Å². The number of carbonyl (C=O) groups excluding carboxylic acids is 1. The number of hydrazine groups is 1. The predicted octanol–water partition coefficient (Wildman–Crippen LogP) is 2.51. The molecule has 116 valence electrons. The first-order chi connectivity index (χ1) is 9.97. The molecule has 0 saturated carbocycles. The quantitative estimate of drug-likeness (QED) is 0.406. The van der Waals surface area contributed by atoms with E-state index in [9.17, 15) is 4.79 Å². The topological polar surface area (TPSA) is 62.4 Å². The molecule has 3 N–H and O–H groups in total. The van der Waals surface area contributed by atoms with Crippen molar-refractivity contribution in [3.63, 3.8) is 0 Å². The molecule has 0 aliphatic heterocycles. The van der Waals surface area contributed by atoms with Gasteiger partial charge in [0.2, 0.25) is 5.91 Å². The molecule has 1 rings (SSSR count). The molecule has 0 fully saturated rings.